The zero-order chi connectivity index (χ0) is 17.5. The van der Waals surface area contributed by atoms with Crippen LogP contribution in [0.15, 0.2) is 48.5 Å². The Labute approximate surface area is 143 Å². The van der Waals surface area contributed by atoms with Gasteiger partial charge >= 0.3 is 6.09 Å². The summed E-state index contributed by atoms with van der Waals surface area (Å²) in [6.07, 6.45) is -3.78. The summed E-state index contributed by atoms with van der Waals surface area (Å²) in [7, 11) is 0. The molecule has 0 fully saturated rings. The Hall–Kier alpha value is -2.15. The van der Waals surface area contributed by atoms with Gasteiger partial charge in [0, 0.05) is 17.1 Å². The molecule has 2 aromatic rings. The second kappa shape index (κ2) is 8.63. The maximum Gasteiger partial charge on any atom is 0.407 e. The zero-order valence-corrected chi connectivity index (χ0v) is 13.4. The van der Waals surface area contributed by atoms with Crippen molar-refractivity contribution in [3.05, 3.63) is 70.5 Å². The normalized spacial score (nSPS) is 13.2. The van der Waals surface area contributed by atoms with Crippen molar-refractivity contribution in [1.29, 1.82) is 0 Å². The summed E-state index contributed by atoms with van der Waals surface area (Å²) in [5.41, 5.74) is 0.595. The predicted molar refractivity (Wildman–Crippen MR) is 87.0 cm³/mol. The minimum absolute atomic E-state index is 0.00629. The van der Waals surface area contributed by atoms with Gasteiger partial charge in [-0.25, -0.2) is 9.18 Å². The molecule has 0 radical (unpaired) electrons. The molecule has 0 aliphatic carbocycles. The maximum atomic E-state index is 13.7. The highest BCUT2D eigenvalue weighted by molar-refractivity contribution is 6.31. The number of nitrogens with one attached hydrogen (secondary N) is 1. The first kappa shape index (κ1) is 18.2. The Morgan fingerprint density at radius 3 is 2.54 bits per heavy atom. The standard InChI is InChI=1S/C17H17ClFNO4/c18-12-7-4-8-13(19)15(12)16(22)14(21)9-20-17(23)24-10-11-5-2-1-3-6-11/h1-8,14,16,21-22H,9-10H2,(H,20,23). The lowest BCUT2D eigenvalue weighted by Gasteiger charge is -2.20. The van der Waals surface area contributed by atoms with Crippen LogP contribution < -0.4 is 5.32 Å². The van der Waals surface area contributed by atoms with E-state index < -0.39 is 24.1 Å². The highest BCUT2D eigenvalue weighted by Crippen LogP contribution is 2.27. The smallest absolute Gasteiger partial charge is 0.407 e. The molecule has 3 N–H and O–H groups in total. The van der Waals surface area contributed by atoms with E-state index in [1.54, 1.807) is 12.1 Å². The average molecular weight is 354 g/mol. The summed E-state index contributed by atoms with van der Waals surface area (Å²) in [5, 5.41) is 22.2. The molecule has 2 aromatic carbocycles. The van der Waals surface area contributed by atoms with Crippen LogP contribution in [0.5, 0.6) is 0 Å². The van der Waals surface area contributed by atoms with E-state index >= 15 is 0 Å². The topological polar surface area (TPSA) is 78.8 Å². The van der Waals surface area contributed by atoms with Gasteiger partial charge in [0.1, 0.15) is 24.6 Å². The van der Waals surface area contributed by atoms with Crippen molar-refractivity contribution < 1.29 is 24.1 Å². The summed E-state index contributed by atoms with van der Waals surface area (Å²) >= 11 is 5.83. The van der Waals surface area contributed by atoms with Crippen molar-refractivity contribution in [2.24, 2.45) is 0 Å². The van der Waals surface area contributed by atoms with Crippen LogP contribution in [-0.4, -0.2) is 29.0 Å². The van der Waals surface area contributed by atoms with E-state index in [0.29, 0.717) is 0 Å². The van der Waals surface area contributed by atoms with Gasteiger partial charge in [-0.2, -0.15) is 0 Å². The molecule has 5 nitrogen and oxygen atoms in total. The summed E-state index contributed by atoms with van der Waals surface area (Å²) in [4.78, 5) is 11.6. The number of halogens is 2. The quantitative estimate of drug-likeness (QED) is 0.746. The number of aliphatic hydroxyl groups excluding tert-OH is 2. The molecular formula is C17H17ClFNO4. The molecule has 0 aliphatic heterocycles. The van der Waals surface area contributed by atoms with Crippen LogP contribution in [0.3, 0.4) is 0 Å². The van der Waals surface area contributed by atoms with Gasteiger partial charge in [0.25, 0.3) is 0 Å². The van der Waals surface area contributed by atoms with Gasteiger partial charge in [0.05, 0.1) is 0 Å². The highest BCUT2D eigenvalue weighted by Gasteiger charge is 2.24. The van der Waals surface area contributed by atoms with Crippen LogP contribution in [0, 0.1) is 5.82 Å². The molecule has 0 spiro atoms. The summed E-state index contributed by atoms with van der Waals surface area (Å²) in [6.45, 7) is -0.246. The molecule has 1 amide bonds. The molecule has 0 aliphatic rings. The van der Waals surface area contributed by atoms with Gasteiger partial charge in [0.2, 0.25) is 0 Å². The Morgan fingerprint density at radius 2 is 1.88 bits per heavy atom. The number of benzene rings is 2. The van der Waals surface area contributed by atoms with Crippen LogP contribution in [0.4, 0.5) is 9.18 Å². The Morgan fingerprint density at radius 1 is 1.17 bits per heavy atom. The van der Waals surface area contributed by atoms with Crippen molar-refractivity contribution in [2.45, 2.75) is 18.8 Å². The van der Waals surface area contributed by atoms with Crippen molar-refractivity contribution >= 4 is 17.7 Å². The predicted octanol–water partition coefficient (Wildman–Crippen LogP) is 2.80. The summed E-state index contributed by atoms with van der Waals surface area (Å²) < 4.78 is 18.7. The highest BCUT2D eigenvalue weighted by atomic mass is 35.5. The Bertz CT molecular complexity index is 663. The van der Waals surface area contributed by atoms with Gasteiger partial charge in [-0.05, 0) is 17.7 Å². The van der Waals surface area contributed by atoms with Crippen LogP contribution in [0.2, 0.25) is 5.02 Å². The number of hydrogen-bond donors (Lipinski definition) is 3. The number of hydrogen-bond acceptors (Lipinski definition) is 4. The fourth-order valence-corrected chi connectivity index (χ4v) is 2.33. The lowest BCUT2D eigenvalue weighted by atomic mass is 10.0. The number of amides is 1. The van der Waals surface area contributed by atoms with Crippen molar-refractivity contribution in [2.75, 3.05) is 6.54 Å². The van der Waals surface area contributed by atoms with E-state index in [-0.39, 0.29) is 23.7 Å². The lowest BCUT2D eigenvalue weighted by molar-refractivity contribution is 0.0165. The van der Waals surface area contributed by atoms with Gasteiger partial charge in [0.15, 0.2) is 0 Å². The van der Waals surface area contributed by atoms with E-state index in [1.807, 2.05) is 18.2 Å². The first-order valence-electron chi connectivity index (χ1n) is 7.23. The molecule has 0 aromatic heterocycles. The monoisotopic (exact) mass is 353 g/mol. The van der Waals surface area contributed by atoms with Gasteiger partial charge in [-0.3, -0.25) is 0 Å². The minimum atomic E-state index is -1.58. The first-order chi connectivity index (χ1) is 11.5. The number of carbonyl (C=O) groups excluding carboxylic acids is 1. The zero-order valence-electron chi connectivity index (χ0n) is 12.7. The second-order valence-corrected chi connectivity index (χ2v) is 5.50. The van der Waals surface area contributed by atoms with E-state index in [0.717, 1.165) is 11.6 Å². The second-order valence-electron chi connectivity index (χ2n) is 5.09. The van der Waals surface area contributed by atoms with Crippen LogP contribution in [-0.2, 0) is 11.3 Å². The van der Waals surface area contributed by atoms with E-state index in [2.05, 4.69) is 5.32 Å². The largest absolute Gasteiger partial charge is 0.445 e. The van der Waals surface area contributed by atoms with E-state index in [4.69, 9.17) is 16.3 Å². The number of alkyl carbamates (subject to hydrolysis) is 1. The molecule has 0 saturated heterocycles. The van der Waals surface area contributed by atoms with Crippen LogP contribution in [0.1, 0.15) is 17.2 Å². The van der Waals surface area contributed by atoms with Gasteiger partial charge in [-0.15, -0.1) is 0 Å². The molecule has 2 rings (SSSR count). The van der Waals surface area contributed by atoms with Crippen molar-refractivity contribution in [1.82, 2.24) is 5.32 Å². The minimum Gasteiger partial charge on any atom is -0.445 e. The molecule has 7 heteroatoms. The molecule has 2 unspecified atom stereocenters. The molecular weight excluding hydrogens is 337 g/mol. The molecule has 0 heterocycles. The first-order valence-corrected chi connectivity index (χ1v) is 7.61. The Kier molecular flexibility index (Phi) is 6.54. The van der Waals surface area contributed by atoms with E-state index in [1.165, 1.54) is 12.1 Å². The van der Waals surface area contributed by atoms with Crippen LogP contribution in [0.25, 0.3) is 0 Å². The summed E-state index contributed by atoms with van der Waals surface area (Å²) in [5.74, 6) is -0.735. The number of carbonyl (C=O) groups is 1. The molecule has 2 atom stereocenters. The molecule has 0 saturated carbocycles. The van der Waals surface area contributed by atoms with Crippen molar-refractivity contribution in [3.63, 3.8) is 0 Å². The van der Waals surface area contributed by atoms with Gasteiger partial charge < -0.3 is 20.3 Å². The SMILES string of the molecule is O=C(NCC(O)C(O)c1c(F)cccc1Cl)OCc1ccccc1. The summed E-state index contributed by atoms with van der Waals surface area (Å²) in [6, 6.07) is 13.0. The van der Waals surface area contributed by atoms with Crippen LogP contribution >= 0.6 is 11.6 Å². The van der Waals surface area contributed by atoms with Gasteiger partial charge in [-0.1, -0.05) is 48.0 Å². The maximum absolute atomic E-state index is 13.7. The lowest BCUT2D eigenvalue weighted by Crippen LogP contribution is -2.36. The number of rotatable bonds is 6. The van der Waals surface area contributed by atoms with E-state index in [9.17, 15) is 19.4 Å². The molecule has 24 heavy (non-hydrogen) atoms. The number of aliphatic hydroxyl groups is 2. The average Bonchev–Trinajstić information content (AvgIpc) is 2.58. The third kappa shape index (κ3) is 4.92. The van der Waals surface area contributed by atoms with Crippen molar-refractivity contribution in [3.8, 4) is 0 Å². The number of ether oxygens (including phenoxy) is 1. The molecule has 128 valence electrons. The fourth-order valence-electron chi connectivity index (χ4n) is 2.06. The molecule has 0 bridgehead atoms. The third-order valence-corrected chi connectivity index (χ3v) is 3.66. The fraction of sp³-hybridized carbons (Fsp3) is 0.235. The Balaban J connectivity index is 1.83. The third-order valence-electron chi connectivity index (χ3n) is 3.33.